The predicted molar refractivity (Wildman–Crippen MR) is 135 cm³/mol. The van der Waals surface area contributed by atoms with Crippen molar-refractivity contribution in [3.8, 4) is 0 Å². The fraction of sp³-hybridized carbons (Fsp3) is 0.759. The van der Waals surface area contributed by atoms with Crippen molar-refractivity contribution < 1.29 is 19.0 Å². The number of aliphatic hydroxyl groups is 1. The van der Waals surface area contributed by atoms with Gasteiger partial charge in [0.25, 0.3) is 0 Å². The summed E-state index contributed by atoms with van der Waals surface area (Å²) in [5.74, 6) is 3.35. The van der Waals surface area contributed by atoms with Crippen LogP contribution in [0.1, 0.15) is 71.6 Å². The van der Waals surface area contributed by atoms with E-state index in [-0.39, 0.29) is 29.5 Å². The van der Waals surface area contributed by atoms with E-state index in [2.05, 4.69) is 17.2 Å². The van der Waals surface area contributed by atoms with Gasteiger partial charge in [-0.15, -0.1) is 5.10 Å². The standard InChI is InChI=1S/C29H40FN3O3/c1-3-36-17-29(35)13-11-20-18(15-29)4-6-22-21(20)10-12-28(2)23(22)7-8-24(28)27(34)16-33-26-9-5-19(30)14-25(26)31-32-33/h5,9,14,18,20-24,35H,3-4,6-8,10-13,15-17H2,1-2H3/t18-,20+,21-,22-,23+,24-,28+,29-/m1/s1. The summed E-state index contributed by atoms with van der Waals surface area (Å²) in [5.41, 5.74) is 0.622. The van der Waals surface area contributed by atoms with Gasteiger partial charge in [0, 0.05) is 18.6 Å². The van der Waals surface area contributed by atoms with Gasteiger partial charge in [-0.2, -0.15) is 0 Å². The van der Waals surface area contributed by atoms with Crippen molar-refractivity contribution in [2.75, 3.05) is 13.2 Å². The molecule has 36 heavy (non-hydrogen) atoms. The number of rotatable bonds is 6. The van der Waals surface area contributed by atoms with Crippen LogP contribution >= 0.6 is 0 Å². The van der Waals surface area contributed by atoms with Gasteiger partial charge in [-0.25, -0.2) is 9.07 Å². The summed E-state index contributed by atoms with van der Waals surface area (Å²) in [6, 6.07) is 4.44. The maximum atomic E-state index is 13.6. The SMILES string of the molecule is CCOC[C@@]1(O)CC[C@H]2[C@H](CC[C@@H]3[C@@H]2CC[C@]2(C)[C@@H](C(=O)Cn4nnc5cc(F)ccc54)CC[C@@H]32)C1. The van der Waals surface area contributed by atoms with Gasteiger partial charge in [0.2, 0.25) is 0 Å². The minimum atomic E-state index is -0.643. The van der Waals surface area contributed by atoms with Crippen LogP contribution in [0.3, 0.4) is 0 Å². The topological polar surface area (TPSA) is 77.2 Å². The van der Waals surface area contributed by atoms with E-state index in [0.29, 0.717) is 47.9 Å². The average Bonchev–Trinajstić information content (AvgIpc) is 3.42. The number of benzene rings is 1. The fourth-order valence-electron chi connectivity index (χ4n) is 9.23. The molecular weight excluding hydrogens is 457 g/mol. The highest BCUT2D eigenvalue weighted by Gasteiger charge is 2.59. The third-order valence-corrected chi connectivity index (χ3v) is 10.8. The zero-order valence-corrected chi connectivity index (χ0v) is 21.7. The van der Waals surface area contributed by atoms with Crippen molar-refractivity contribution in [2.45, 2.75) is 83.8 Å². The van der Waals surface area contributed by atoms with E-state index in [9.17, 15) is 14.3 Å². The number of ketones is 1. The molecular formula is C29H40FN3O3. The number of hydrogen-bond donors (Lipinski definition) is 1. The van der Waals surface area contributed by atoms with Crippen LogP contribution in [0, 0.1) is 46.7 Å². The normalized spacial score (nSPS) is 40.0. The highest BCUT2D eigenvalue weighted by Crippen LogP contribution is 2.64. The molecule has 0 spiro atoms. The van der Waals surface area contributed by atoms with E-state index in [1.807, 2.05) is 6.92 Å². The molecule has 0 aliphatic heterocycles. The first-order valence-corrected chi connectivity index (χ1v) is 14.1. The molecule has 4 aliphatic rings. The van der Waals surface area contributed by atoms with Gasteiger partial charge in [-0.3, -0.25) is 4.79 Å². The molecule has 1 N–H and O–H groups in total. The summed E-state index contributed by atoms with van der Waals surface area (Å²) in [4.78, 5) is 13.6. The predicted octanol–water partition coefficient (Wildman–Crippen LogP) is 5.18. The van der Waals surface area contributed by atoms with E-state index in [1.54, 1.807) is 10.7 Å². The second-order valence-corrected chi connectivity index (χ2v) is 12.6. The molecule has 6 rings (SSSR count). The number of carbonyl (C=O) groups excluding carboxylic acids is 1. The van der Waals surface area contributed by atoms with Crippen LogP contribution in [0.2, 0.25) is 0 Å². The fourth-order valence-corrected chi connectivity index (χ4v) is 9.23. The molecule has 2 aromatic rings. The number of nitrogens with zero attached hydrogens (tertiary/aromatic N) is 3. The van der Waals surface area contributed by atoms with Crippen LogP contribution in [0.15, 0.2) is 18.2 Å². The maximum absolute atomic E-state index is 13.6. The minimum Gasteiger partial charge on any atom is -0.387 e. The molecule has 4 aliphatic carbocycles. The molecule has 4 saturated carbocycles. The number of aromatic nitrogens is 3. The third kappa shape index (κ3) is 4.01. The van der Waals surface area contributed by atoms with Crippen molar-refractivity contribution in [2.24, 2.45) is 40.9 Å². The largest absolute Gasteiger partial charge is 0.387 e. The molecule has 0 radical (unpaired) electrons. The van der Waals surface area contributed by atoms with Crippen molar-refractivity contribution in [3.63, 3.8) is 0 Å². The van der Waals surface area contributed by atoms with E-state index in [1.165, 1.54) is 31.4 Å². The van der Waals surface area contributed by atoms with Gasteiger partial charge in [0.1, 0.15) is 17.9 Å². The molecule has 0 amide bonds. The Morgan fingerprint density at radius 2 is 1.97 bits per heavy atom. The molecule has 0 unspecified atom stereocenters. The maximum Gasteiger partial charge on any atom is 0.157 e. The molecule has 1 aromatic heterocycles. The zero-order chi connectivity index (χ0) is 25.1. The zero-order valence-electron chi connectivity index (χ0n) is 21.7. The summed E-state index contributed by atoms with van der Waals surface area (Å²) in [5, 5.41) is 19.4. The summed E-state index contributed by atoms with van der Waals surface area (Å²) < 4.78 is 20.8. The molecule has 7 heteroatoms. The van der Waals surface area contributed by atoms with Crippen LogP contribution in [-0.2, 0) is 16.1 Å². The Morgan fingerprint density at radius 3 is 2.81 bits per heavy atom. The highest BCUT2D eigenvalue weighted by atomic mass is 19.1. The van der Waals surface area contributed by atoms with Gasteiger partial charge < -0.3 is 9.84 Å². The summed E-state index contributed by atoms with van der Waals surface area (Å²) >= 11 is 0. The van der Waals surface area contributed by atoms with Crippen LogP contribution in [0.25, 0.3) is 11.0 Å². The van der Waals surface area contributed by atoms with Crippen LogP contribution in [0.4, 0.5) is 4.39 Å². The summed E-state index contributed by atoms with van der Waals surface area (Å²) in [6.07, 6.45) is 9.72. The Bertz CT molecular complexity index is 1140. The molecule has 6 nitrogen and oxygen atoms in total. The number of hydrogen-bond acceptors (Lipinski definition) is 5. The molecule has 1 aromatic carbocycles. The monoisotopic (exact) mass is 497 g/mol. The van der Waals surface area contributed by atoms with Gasteiger partial charge >= 0.3 is 0 Å². The second kappa shape index (κ2) is 9.16. The first-order valence-electron chi connectivity index (χ1n) is 14.1. The number of ether oxygens (including phenoxy) is 1. The van der Waals surface area contributed by atoms with E-state index < -0.39 is 5.60 Å². The van der Waals surface area contributed by atoms with Crippen molar-refractivity contribution in [1.29, 1.82) is 0 Å². The Balaban J connectivity index is 1.15. The minimum absolute atomic E-state index is 0.0535. The Labute approximate surface area is 213 Å². The number of fused-ring (bicyclic) bond motifs is 6. The van der Waals surface area contributed by atoms with Gasteiger partial charge in [0.15, 0.2) is 5.78 Å². The molecule has 1 heterocycles. The quantitative estimate of drug-likeness (QED) is 0.595. The van der Waals surface area contributed by atoms with E-state index >= 15 is 0 Å². The van der Waals surface area contributed by atoms with E-state index in [4.69, 9.17) is 4.74 Å². The third-order valence-electron chi connectivity index (χ3n) is 10.8. The lowest BCUT2D eigenvalue weighted by molar-refractivity contribution is -0.138. The molecule has 4 fully saturated rings. The van der Waals surface area contributed by atoms with Crippen LogP contribution in [0.5, 0.6) is 0 Å². The Morgan fingerprint density at radius 1 is 1.14 bits per heavy atom. The lowest BCUT2D eigenvalue weighted by Gasteiger charge is -2.57. The van der Waals surface area contributed by atoms with Crippen LogP contribution in [-0.4, -0.2) is 44.7 Å². The van der Waals surface area contributed by atoms with Gasteiger partial charge in [-0.05, 0) is 112 Å². The first kappa shape index (κ1) is 24.5. The Kier molecular flexibility index (Phi) is 6.23. The average molecular weight is 498 g/mol. The number of halogens is 1. The Hall–Kier alpha value is -1.86. The number of Topliss-reactive ketones (excluding diaryl/α,β-unsaturated/α-hetero) is 1. The summed E-state index contributed by atoms with van der Waals surface area (Å²) in [7, 11) is 0. The second-order valence-electron chi connectivity index (χ2n) is 12.6. The molecule has 8 atom stereocenters. The smallest absolute Gasteiger partial charge is 0.157 e. The van der Waals surface area contributed by atoms with Gasteiger partial charge in [-0.1, -0.05) is 12.1 Å². The van der Waals surface area contributed by atoms with Crippen molar-refractivity contribution >= 4 is 16.8 Å². The number of carbonyl (C=O) groups is 1. The van der Waals surface area contributed by atoms with Crippen molar-refractivity contribution in [3.05, 3.63) is 24.0 Å². The molecule has 0 bridgehead atoms. The molecule has 196 valence electrons. The van der Waals surface area contributed by atoms with Crippen molar-refractivity contribution in [1.82, 2.24) is 15.0 Å². The highest BCUT2D eigenvalue weighted by molar-refractivity contribution is 5.84. The lowest BCUT2D eigenvalue weighted by Crippen LogP contribution is -2.52. The summed E-state index contributed by atoms with van der Waals surface area (Å²) in [6.45, 7) is 5.72. The molecule has 0 saturated heterocycles. The first-order chi connectivity index (χ1) is 17.3. The van der Waals surface area contributed by atoms with E-state index in [0.717, 1.165) is 44.4 Å². The van der Waals surface area contributed by atoms with Crippen LogP contribution < -0.4 is 0 Å². The lowest BCUT2D eigenvalue weighted by atomic mass is 9.49. The van der Waals surface area contributed by atoms with Gasteiger partial charge in [0.05, 0.1) is 17.7 Å².